The van der Waals surface area contributed by atoms with Crippen molar-refractivity contribution in [1.82, 2.24) is 4.90 Å². The average Bonchev–Trinajstić information content (AvgIpc) is 2.19. The van der Waals surface area contributed by atoms with Crippen molar-refractivity contribution in [2.75, 3.05) is 26.2 Å². The highest BCUT2D eigenvalue weighted by molar-refractivity contribution is 5.71. The Morgan fingerprint density at radius 3 is 2.81 bits per heavy atom. The van der Waals surface area contributed by atoms with E-state index in [0.717, 1.165) is 19.5 Å². The number of rotatable bonds is 4. The van der Waals surface area contributed by atoms with Crippen LogP contribution in [-0.4, -0.2) is 43.2 Å². The van der Waals surface area contributed by atoms with E-state index < -0.39 is 0 Å². The average molecular weight is 228 g/mol. The lowest BCUT2D eigenvalue weighted by molar-refractivity contribution is -0.149. The Labute approximate surface area is 98.1 Å². The quantitative estimate of drug-likeness (QED) is 0.725. The van der Waals surface area contributed by atoms with Crippen molar-refractivity contribution >= 4 is 5.97 Å². The van der Waals surface area contributed by atoms with Gasteiger partial charge in [-0.2, -0.15) is 0 Å². The molecule has 0 amide bonds. The fraction of sp³-hybridized carbons (Fsp3) is 0.917. The molecular weight excluding hydrogens is 204 g/mol. The molecule has 0 aliphatic carbocycles. The Hall–Kier alpha value is -0.610. The fourth-order valence-electron chi connectivity index (χ4n) is 2.16. The Morgan fingerprint density at radius 2 is 2.25 bits per heavy atom. The van der Waals surface area contributed by atoms with Crippen molar-refractivity contribution < 1.29 is 9.53 Å². The van der Waals surface area contributed by atoms with Crippen LogP contribution in [0, 0.1) is 11.8 Å². The summed E-state index contributed by atoms with van der Waals surface area (Å²) in [5.41, 5.74) is 5.72. The smallest absolute Gasteiger partial charge is 0.320 e. The maximum Gasteiger partial charge on any atom is 0.320 e. The summed E-state index contributed by atoms with van der Waals surface area (Å²) in [5, 5.41) is 0. The Kier molecular flexibility index (Phi) is 5.22. The van der Waals surface area contributed by atoms with Crippen LogP contribution in [0.15, 0.2) is 0 Å². The molecule has 1 aliphatic heterocycles. The van der Waals surface area contributed by atoms with E-state index in [9.17, 15) is 4.79 Å². The predicted octanol–water partition coefficient (Wildman–Crippen LogP) is 0.855. The highest BCUT2D eigenvalue weighted by Crippen LogP contribution is 2.21. The van der Waals surface area contributed by atoms with Crippen molar-refractivity contribution in [3.63, 3.8) is 0 Å². The maximum absolute atomic E-state index is 11.5. The van der Waals surface area contributed by atoms with Crippen LogP contribution in [-0.2, 0) is 9.53 Å². The summed E-state index contributed by atoms with van der Waals surface area (Å²) in [5.74, 6) is 1.06. The summed E-state index contributed by atoms with van der Waals surface area (Å²) in [7, 11) is 0. The molecule has 1 fully saturated rings. The number of ether oxygens (including phenoxy) is 1. The molecule has 0 saturated carbocycles. The Balaban J connectivity index is 2.35. The first-order valence-corrected chi connectivity index (χ1v) is 6.14. The van der Waals surface area contributed by atoms with Gasteiger partial charge in [-0.3, -0.25) is 9.69 Å². The number of hydrogen-bond acceptors (Lipinski definition) is 4. The molecule has 0 aromatic carbocycles. The monoisotopic (exact) mass is 228 g/mol. The zero-order chi connectivity index (χ0) is 12.1. The summed E-state index contributed by atoms with van der Waals surface area (Å²) in [4.78, 5) is 13.7. The summed E-state index contributed by atoms with van der Waals surface area (Å²) >= 11 is 0. The second-order valence-corrected chi connectivity index (χ2v) is 5.04. The van der Waals surface area contributed by atoms with Crippen molar-refractivity contribution in [3.8, 4) is 0 Å². The zero-order valence-electron chi connectivity index (χ0n) is 10.6. The summed E-state index contributed by atoms with van der Waals surface area (Å²) < 4.78 is 5.14. The number of likely N-dealkylation sites (tertiary alicyclic amines) is 1. The molecule has 16 heavy (non-hydrogen) atoms. The minimum Gasteiger partial charge on any atom is -0.462 e. The molecule has 1 rings (SSSR count). The summed E-state index contributed by atoms with van der Waals surface area (Å²) in [6.07, 6.45) is 1.10. The van der Waals surface area contributed by atoms with Gasteiger partial charge in [0.25, 0.3) is 0 Å². The summed E-state index contributed by atoms with van der Waals surface area (Å²) in [6.45, 7) is 8.99. The molecule has 2 atom stereocenters. The van der Waals surface area contributed by atoms with E-state index in [1.54, 1.807) is 0 Å². The predicted molar refractivity (Wildman–Crippen MR) is 64.0 cm³/mol. The number of carbonyl (C=O) groups excluding carboxylic acids is 1. The van der Waals surface area contributed by atoms with Crippen molar-refractivity contribution in [2.45, 2.75) is 33.3 Å². The molecule has 0 spiro atoms. The third-order valence-corrected chi connectivity index (χ3v) is 3.22. The fourth-order valence-corrected chi connectivity index (χ4v) is 2.16. The normalized spacial score (nSPS) is 27.1. The van der Waals surface area contributed by atoms with Crippen LogP contribution in [0.25, 0.3) is 0 Å². The number of carbonyl (C=O) groups is 1. The first kappa shape index (κ1) is 13.5. The Bertz CT molecular complexity index is 231. The third kappa shape index (κ3) is 4.10. The molecule has 2 N–H and O–H groups in total. The van der Waals surface area contributed by atoms with Gasteiger partial charge in [0.15, 0.2) is 0 Å². The molecule has 1 heterocycles. The van der Waals surface area contributed by atoms with Crippen LogP contribution in [0.3, 0.4) is 0 Å². The molecule has 1 saturated heterocycles. The van der Waals surface area contributed by atoms with Gasteiger partial charge in [0.1, 0.15) is 0 Å². The van der Waals surface area contributed by atoms with E-state index >= 15 is 0 Å². The van der Waals surface area contributed by atoms with E-state index in [1.165, 1.54) is 0 Å². The molecule has 94 valence electrons. The van der Waals surface area contributed by atoms with Crippen LogP contribution in [0.2, 0.25) is 0 Å². The van der Waals surface area contributed by atoms with E-state index in [1.807, 2.05) is 13.8 Å². The summed E-state index contributed by atoms with van der Waals surface area (Å²) in [6, 6.07) is 0. The SMILES string of the molecule is CC(C)OC(=O)CN1CCC(C)C(CN)C1. The number of esters is 1. The standard InChI is InChI=1S/C12H24N2O2/c1-9(2)16-12(15)8-14-5-4-10(3)11(6-13)7-14/h9-11H,4-8,13H2,1-3H3. The third-order valence-electron chi connectivity index (χ3n) is 3.22. The van der Waals surface area contributed by atoms with Gasteiger partial charge in [-0.15, -0.1) is 0 Å². The van der Waals surface area contributed by atoms with Gasteiger partial charge >= 0.3 is 5.97 Å². The molecule has 0 bridgehead atoms. The number of nitrogens with zero attached hydrogens (tertiary/aromatic N) is 1. The van der Waals surface area contributed by atoms with Gasteiger partial charge in [-0.1, -0.05) is 6.92 Å². The lowest BCUT2D eigenvalue weighted by Crippen LogP contribution is -2.45. The highest BCUT2D eigenvalue weighted by Gasteiger charge is 2.26. The lowest BCUT2D eigenvalue weighted by Gasteiger charge is -2.35. The first-order chi connectivity index (χ1) is 7.52. The largest absolute Gasteiger partial charge is 0.462 e. The zero-order valence-corrected chi connectivity index (χ0v) is 10.6. The lowest BCUT2D eigenvalue weighted by atomic mass is 9.87. The molecule has 2 unspecified atom stereocenters. The molecular formula is C12H24N2O2. The van der Waals surface area contributed by atoms with E-state index in [0.29, 0.717) is 24.9 Å². The van der Waals surface area contributed by atoms with Crippen molar-refractivity contribution in [2.24, 2.45) is 17.6 Å². The highest BCUT2D eigenvalue weighted by atomic mass is 16.5. The molecule has 4 heteroatoms. The van der Waals surface area contributed by atoms with Crippen LogP contribution in [0.5, 0.6) is 0 Å². The number of hydrogen-bond donors (Lipinski definition) is 1. The second-order valence-electron chi connectivity index (χ2n) is 5.04. The number of piperidine rings is 1. The first-order valence-electron chi connectivity index (χ1n) is 6.14. The van der Waals surface area contributed by atoms with Crippen molar-refractivity contribution in [1.29, 1.82) is 0 Å². The molecule has 0 radical (unpaired) electrons. The van der Waals surface area contributed by atoms with Crippen LogP contribution in [0.1, 0.15) is 27.2 Å². The van der Waals surface area contributed by atoms with Gasteiger partial charge in [0, 0.05) is 6.54 Å². The molecule has 0 aromatic rings. The van der Waals surface area contributed by atoms with Gasteiger partial charge in [0.05, 0.1) is 12.6 Å². The van der Waals surface area contributed by atoms with Crippen molar-refractivity contribution in [3.05, 3.63) is 0 Å². The van der Waals surface area contributed by atoms with Gasteiger partial charge in [-0.25, -0.2) is 0 Å². The minimum atomic E-state index is -0.125. The molecule has 4 nitrogen and oxygen atoms in total. The topological polar surface area (TPSA) is 55.6 Å². The van der Waals surface area contributed by atoms with E-state index in [-0.39, 0.29) is 12.1 Å². The van der Waals surface area contributed by atoms with Crippen LogP contribution >= 0.6 is 0 Å². The van der Waals surface area contributed by atoms with Gasteiger partial charge in [-0.05, 0) is 45.2 Å². The van der Waals surface area contributed by atoms with E-state index in [4.69, 9.17) is 10.5 Å². The second kappa shape index (κ2) is 6.21. The molecule has 0 aromatic heterocycles. The van der Waals surface area contributed by atoms with E-state index in [2.05, 4.69) is 11.8 Å². The van der Waals surface area contributed by atoms with Gasteiger partial charge < -0.3 is 10.5 Å². The van der Waals surface area contributed by atoms with Crippen LogP contribution < -0.4 is 5.73 Å². The number of nitrogens with two attached hydrogens (primary N) is 1. The maximum atomic E-state index is 11.5. The molecule has 1 aliphatic rings. The Morgan fingerprint density at radius 1 is 1.56 bits per heavy atom. The minimum absolute atomic E-state index is 0.0264. The van der Waals surface area contributed by atoms with Crippen LogP contribution in [0.4, 0.5) is 0 Å². The van der Waals surface area contributed by atoms with Gasteiger partial charge in [0.2, 0.25) is 0 Å².